The third-order valence-electron chi connectivity index (χ3n) is 4.21. The molecule has 2 atom stereocenters. The summed E-state index contributed by atoms with van der Waals surface area (Å²) >= 11 is 0. The number of hydrogen-bond acceptors (Lipinski definition) is 4. The van der Waals surface area contributed by atoms with Gasteiger partial charge in [-0.15, -0.1) is 0 Å². The predicted molar refractivity (Wildman–Crippen MR) is 90.9 cm³/mol. The summed E-state index contributed by atoms with van der Waals surface area (Å²) in [6.45, 7) is 4.64. The van der Waals surface area contributed by atoms with Gasteiger partial charge in [0, 0.05) is 31.7 Å². The first-order valence-electron chi connectivity index (χ1n) is 7.79. The molecular formula is C16H25N3O3S. The number of anilines is 1. The van der Waals surface area contributed by atoms with Crippen LogP contribution in [0, 0.1) is 12.8 Å². The van der Waals surface area contributed by atoms with Gasteiger partial charge in [0.05, 0.1) is 4.90 Å². The van der Waals surface area contributed by atoms with E-state index in [0.717, 1.165) is 19.4 Å². The first-order chi connectivity index (χ1) is 10.7. The minimum absolute atomic E-state index is 0.0403. The number of sulfonamides is 1. The number of piperidine rings is 1. The molecule has 0 saturated carbocycles. The van der Waals surface area contributed by atoms with Gasteiger partial charge in [-0.3, -0.25) is 4.79 Å². The largest absolute Gasteiger partial charge is 0.326 e. The molecule has 1 aliphatic heterocycles. The van der Waals surface area contributed by atoms with Gasteiger partial charge in [0.1, 0.15) is 0 Å². The molecule has 2 N–H and O–H groups in total. The van der Waals surface area contributed by atoms with Crippen molar-refractivity contribution in [2.45, 2.75) is 37.6 Å². The van der Waals surface area contributed by atoms with Crippen LogP contribution >= 0.6 is 0 Å². The van der Waals surface area contributed by atoms with Crippen LogP contribution in [0.15, 0.2) is 23.1 Å². The Morgan fingerprint density at radius 1 is 1.35 bits per heavy atom. The van der Waals surface area contributed by atoms with Crippen molar-refractivity contribution in [2.24, 2.45) is 5.92 Å². The lowest BCUT2D eigenvalue weighted by atomic mass is 9.92. The Balaban J connectivity index is 2.20. The highest BCUT2D eigenvalue weighted by Gasteiger charge is 2.25. The van der Waals surface area contributed by atoms with E-state index in [2.05, 4.69) is 17.6 Å². The molecule has 128 valence electrons. The zero-order valence-corrected chi connectivity index (χ0v) is 14.9. The van der Waals surface area contributed by atoms with Gasteiger partial charge < -0.3 is 10.6 Å². The van der Waals surface area contributed by atoms with Crippen molar-refractivity contribution in [2.75, 3.05) is 26.0 Å². The van der Waals surface area contributed by atoms with Crippen LogP contribution in [0.25, 0.3) is 0 Å². The van der Waals surface area contributed by atoms with Crippen molar-refractivity contribution in [3.63, 3.8) is 0 Å². The molecule has 2 rings (SSSR count). The lowest BCUT2D eigenvalue weighted by Gasteiger charge is -2.27. The van der Waals surface area contributed by atoms with Crippen LogP contribution in [0.3, 0.4) is 0 Å². The molecule has 1 fully saturated rings. The van der Waals surface area contributed by atoms with Crippen LogP contribution in [0.2, 0.25) is 0 Å². The van der Waals surface area contributed by atoms with E-state index < -0.39 is 10.0 Å². The molecule has 0 aromatic heterocycles. The van der Waals surface area contributed by atoms with Crippen molar-refractivity contribution in [1.29, 1.82) is 0 Å². The molecule has 1 saturated heterocycles. The van der Waals surface area contributed by atoms with Crippen LogP contribution < -0.4 is 10.6 Å². The van der Waals surface area contributed by atoms with E-state index in [4.69, 9.17) is 0 Å². The average molecular weight is 339 g/mol. The summed E-state index contributed by atoms with van der Waals surface area (Å²) in [6.07, 6.45) is 1.59. The van der Waals surface area contributed by atoms with Crippen molar-refractivity contribution in [3.8, 4) is 0 Å². The monoisotopic (exact) mass is 339 g/mol. The predicted octanol–water partition coefficient (Wildman–Crippen LogP) is 1.57. The Kier molecular flexibility index (Phi) is 5.44. The van der Waals surface area contributed by atoms with Crippen molar-refractivity contribution in [3.05, 3.63) is 23.8 Å². The highest BCUT2D eigenvalue weighted by atomic mass is 32.2. The maximum Gasteiger partial charge on any atom is 0.242 e. The summed E-state index contributed by atoms with van der Waals surface area (Å²) in [6, 6.07) is 5.32. The first-order valence-corrected chi connectivity index (χ1v) is 9.23. The second kappa shape index (κ2) is 6.98. The summed E-state index contributed by atoms with van der Waals surface area (Å²) in [7, 11) is -0.535. The standard InChI is InChI=1S/C16H25N3O3S/c1-11-5-6-14(10-15(11)23(21,22)19(3)4)18-16(20)13-7-8-17-12(2)9-13/h5-6,10,12-13,17H,7-9H2,1-4H3,(H,18,20)/t12-,13-/m0/s1. The molecule has 1 amide bonds. The first kappa shape index (κ1) is 17.9. The second-order valence-electron chi connectivity index (χ2n) is 6.33. The molecular weight excluding hydrogens is 314 g/mol. The molecule has 1 aromatic rings. The number of amides is 1. The lowest BCUT2D eigenvalue weighted by molar-refractivity contribution is -0.120. The van der Waals surface area contributed by atoms with Gasteiger partial charge in [0.2, 0.25) is 15.9 Å². The van der Waals surface area contributed by atoms with Crippen LogP contribution in [0.1, 0.15) is 25.3 Å². The highest BCUT2D eigenvalue weighted by Crippen LogP contribution is 2.24. The van der Waals surface area contributed by atoms with Gasteiger partial charge in [0.15, 0.2) is 0 Å². The minimum Gasteiger partial charge on any atom is -0.326 e. The minimum atomic E-state index is -3.53. The van der Waals surface area contributed by atoms with E-state index in [9.17, 15) is 13.2 Å². The van der Waals surface area contributed by atoms with Crippen LogP contribution in [-0.2, 0) is 14.8 Å². The summed E-state index contributed by atoms with van der Waals surface area (Å²) in [5, 5.41) is 6.18. The molecule has 0 radical (unpaired) electrons. The van der Waals surface area contributed by atoms with Gasteiger partial charge in [0.25, 0.3) is 0 Å². The maximum atomic E-state index is 12.4. The summed E-state index contributed by atoms with van der Waals surface area (Å²) in [5.41, 5.74) is 1.18. The normalized spacial score (nSPS) is 22.1. The summed E-state index contributed by atoms with van der Waals surface area (Å²) < 4.78 is 25.9. The Morgan fingerprint density at radius 2 is 2.04 bits per heavy atom. The SMILES string of the molecule is Cc1ccc(NC(=O)[C@H]2CCN[C@@H](C)C2)cc1S(=O)(=O)N(C)C. The quantitative estimate of drug-likeness (QED) is 0.873. The number of benzene rings is 1. The zero-order valence-electron chi connectivity index (χ0n) is 14.1. The second-order valence-corrected chi connectivity index (χ2v) is 8.45. The number of nitrogens with zero attached hydrogens (tertiary/aromatic N) is 1. The van der Waals surface area contributed by atoms with E-state index in [1.807, 2.05) is 0 Å². The van der Waals surface area contributed by atoms with Crippen LogP contribution in [-0.4, -0.2) is 45.3 Å². The maximum absolute atomic E-state index is 12.4. The number of rotatable bonds is 4. The number of aryl methyl sites for hydroxylation is 1. The average Bonchev–Trinajstić information content (AvgIpc) is 2.48. The fraction of sp³-hybridized carbons (Fsp3) is 0.562. The fourth-order valence-corrected chi connectivity index (χ4v) is 3.91. The molecule has 1 heterocycles. The Bertz CT molecular complexity index is 686. The number of nitrogens with one attached hydrogen (secondary N) is 2. The number of carbonyl (C=O) groups excluding carboxylic acids is 1. The van der Waals surface area contributed by atoms with Crippen molar-refractivity contribution < 1.29 is 13.2 Å². The molecule has 0 spiro atoms. The van der Waals surface area contributed by atoms with Gasteiger partial charge in [-0.2, -0.15) is 0 Å². The molecule has 0 aliphatic carbocycles. The van der Waals surface area contributed by atoms with E-state index >= 15 is 0 Å². The van der Waals surface area contributed by atoms with Gasteiger partial charge in [-0.25, -0.2) is 12.7 Å². The fourth-order valence-electron chi connectivity index (χ4n) is 2.77. The van der Waals surface area contributed by atoms with Crippen molar-refractivity contribution in [1.82, 2.24) is 9.62 Å². The van der Waals surface area contributed by atoms with Crippen LogP contribution in [0.4, 0.5) is 5.69 Å². The van der Waals surface area contributed by atoms with Gasteiger partial charge >= 0.3 is 0 Å². The smallest absolute Gasteiger partial charge is 0.242 e. The molecule has 6 nitrogen and oxygen atoms in total. The Morgan fingerprint density at radius 3 is 2.65 bits per heavy atom. The summed E-state index contributed by atoms with van der Waals surface area (Å²) in [4.78, 5) is 12.6. The van der Waals surface area contributed by atoms with E-state index in [1.165, 1.54) is 24.5 Å². The van der Waals surface area contributed by atoms with Crippen LogP contribution in [0.5, 0.6) is 0 Å². The molecule has 23 heavy (non-hydrogen) atoms. The van der Waals surface area contributed by atoms with E-state index in [1.54, 1.807) is 19.1 Å². The number of hydrogen-bond donors (Lipinski definition) is 2. The molecule has 0 bridgehead atoms. The Labute approximate surface area is 138 Å². The third-order valence-corrected chi connectivity index (χ3v) is 6.17. The van der Waals surface area contributed by atoms with E-state index in [-0.39, 0.29) is 16.7 Å². The summed E-state index contributed by atoms with van der Waals surface area (Å²) in [5.74, 6) is -0.0862. The Hall–Kier alpha value is -1.44. The van der Waals surface area contributed by atoms with E-state index in [0.29, 0.717) is 17.3 Å². The topological polar surface area (TPSA) is 78.5 Å². The molecule has 0 unspecified atom stereocenters. The third kappa shape index (κ3) is 4.10. The molecule has 1 aromatic carbocycles. The molecule has 1 aliphatic rings. The zero-order chi connectivity index (χ0) is 17.2. The van der Waals surface area contributed by atoms with Gasteiger partial charge in [-0.05, 0) is 50.9 Å². The molecule has 7 heteroatoms. The lowest BCUT2D eigenvalue weighted by Crippen LogP contribution is -2.40. The highest BCUT2D eigenvalue weighted by molar-refractivity contribution is 7.89. The van der Waals surface area contributed by atoms with Crippen molar-refractivity contribution >= 4 is 21.6 Å². The number of carbonyl (C=O) groups is 1. The van der Waals surface area contributed by atoms with Gasteiger partial charge in [-0.1, -0.05) is 6.07 Å².